The van der Waals surface area contributed by atoms with Crippen LogP contribution in [0.2, 0.25) is 0 Å². The third-order valence-electron chi connectivity index (χ3n) is 4.25. The SMILES string of the molecule is CC(C)(C)CCOCCN1CCN(CCNC(=O)C(C)(C)C)C(=O)C1=O. The molecule has 0 aromatic rings. The Hall–Kier alpha value is -1.63. The quantitative estimate of drug-likeness (QED) is 0.516. The van der Waals surface area contributed by atoms with E-state index in [-0.39, 0.29) is 11.3 Å². The topological polar surface area (TPSA) is 79.0 Å². The van der Waals surface area contributed by atoms with Crippen molar-refractivity contribution in [1.29, 1.82) is 0 Å². The summed E-state index contributed by atoms with van der Waals surface area (Å²) in [6.07, 6.45) is 0.952. The minimum Gasteiger partial charge on any atom is -0.380 e. The molecular formula is C19H35N3O4. The molecular weight excluding hydrogens is 334 g/mol. The molecule has 0 spiro atoms. The second-order valence-electron chi connectivity index (χ2n) is 9.01. The molecule has 0 bridgehead atoms. The van der Waals surface area contributed by atoms with Gasteiger partial charge in [-0.1, -0.05) is 41.5 Å². The lowest BCUT2D eigenvalue weighted by Crippen LogP contribution is -2.56. The Bertz CT molecular complexity index is 506. The Labute approximate surface area is 157 Å². The van der Waals surface area contributed by atoms with Gasteiger partial charge in [-0.05, 0) is 11.8 Å². The molecule has 1 aliphatic heterocycles. The first-order chi connectivity index (χ1) is 11.9. The molecule has 26 heavy (non-hydrogen) atoms. The van der Waals surface area contributed by atoms with Gasteiger partial charge in [0.25, 0.3) is 0 Å². The van der Waals surface area contributed by atoms with Gasteiger partial charge in [0.2, 0.25) is 5.91 Å². The molecule has 1 saturated heterocycles. The van der Waals surface area contributed by atoms with E-state index in [0.717, 1.165) is 6.42 Å². The van der Waals surface area contributed by atoms with Gasteiger partial charge in [0.05, 0.1) is 6.61 Å². The van der Waals surface area contributed by atoms with Crippen molar-refractivity contribution in [2.45, 2.75) is 48.0 Å². The van der Waals surface area contributed by atoms with E-state index in [4.69, 9.17) is 4.74 Å². The summed E-state index contributed by atoms with van der Waals surface area (Å²) in [6, 6.07) is 0. The lowest BCUT2D eigenvalue weighted by molar-refractivity contribution is -0.156. The lowest BCUT2D eigenvalue weighted by Gasteiger charge is -2.34. The zero-order valence-corrected chi connectivity index (χ0v) is 17.2. The summed E-state index contributed by atoms with van der Waals surface area (Å²) in [7, 11) is 0. The zero-order valence-electron chi connectivity index (χ0n) is 17.2. The molecule has 1 rings (SSSR count). The van der Waals surface area contributed by atoms with Crippen LogP contribution in [0, 0.1) is 10.8 Å². The highest BCUT2D eigenvalue weighted by Gasteiger charge is 2.32. The van der Waals surface area contributed by atoms with E-state index in [1.165, 1.54) is 4.90 Å². The van der Waals surface area contributed by atoms with Crippen molar-refractivity contribution in [3.8, 4) is 0 Å². The number of nitrogens with zero attached hydrogens (tertiary/aromatic N) is 2. The second kappa shape index (κ2) is 9.35. The Morgan fingerprint density at radius 1 is 0.962 bits per heavy atom. The maximum absolute atomic E-state index is 12.2. The first kappa shape index (κ1) is 22.4. The molecule has 7 nitrogen and oxygen atoms in total. The van der Waals surface area contributed by atoms with E-state index < -0.39 is 17.2 Å². The summed E-state index contributed by atoms with van der Waals surface area (Å²) in [5.41, 5.74) is -0.245. The minimum absolute atomic E-state index is 0.0673. The molecule has 3 amide bonds. The van der Waals surface area contributed by atoms with Crippen LogP contribution in [0.1, 0.15) is 48.0 Å². The molecule has 150 valence electrons. The van der Waals surface area contributed by atoms with Crippen molar-refractivity contribution >= 4 is 17.7 Å². The average molecular weight is 370 g/mol. The number of carbonyl (C=O) groups excluding carboxylic acids is 3. The van der Waals surface area contributed by atoms with Crippen LogP contribution < -0.4 is 5.32 Å². The predicted octanol–water partition coefficient (Wildman–Crippen LogP) is 1.27. The van der Waals surface area contributed by atoms with Crippen LogP contribution in [0.4, 0.5) is 0 Å². The number of carbonyl (C=O) groups is 3. The van der Waals surface area contributed by atoms with Crippen LogP contribution in [-0.4, -0.2) is 73.5 Å². The van der Waals surface area contributed by atoms with E-state index in [9.17, 15) is 14.4 Å². The number of ether oxygens (including phenoxy) is 1. The Kier molecular flexibility index (Phi) is 8.06. The average Bonchev–Trinajstić information content (AvgIpc) is 2.50. The van der Waals surface area contributed by atoms with Gasteiger partial charge in [-0.2, -0.15) is 0 Å². The third kappa shape index (κ3) is 7.72. The number of hydrogen-bond donors (Lipinski definition) is 1. The van der Waals surface area contributed by atoms with Crippen LogP contribution >= 0.6 is 0 Å². The molecule has 1 aliphatic rings. The van der Waals surface area contributed by atoms with E-state index in [1.807, 2.05) is 20.8 Å². The molecule has 7 heteroatoms. The van der Waals surface area contributed by atoms with Crippen molar-refractivity contribution in [1.82, 2.24) is 15.1 Å². The maximum atomic E-state index is 12.2. The molecule has 0 unspecified atom stereocenters. The summed E-state index contributed by atoms with van der Waals surface area (Å²) >= 11 is 0. The van der Waals surface area contributed by atoms with Crippen molar-refractivity contribution in [3.05, 3.63) is 0 Å². The molecule has 1 heterocycles. The number of amides is 3. The van der Waals surface area contributed by atoms with Gasteiger partial charge in [0.15, 0.2) is 0 Å². The van der Waals surface area contributed by atoms with E-state index >= 15 is 0 Å². The zero-order chi connectivity index (χ0) is 20.0. The lowest BCUT2D eigenvalue weighted by atomic mass is 9.93. The number of nitrogens with one attached hydrogen (secondary N) is 1. The Morgan fingerprint density at radius 3 is 2.00 bits per heavy atom. The van der Waals surface area contributed by atoms with Gasteiger partial charge >= 0.3 is 11.8 Å². The first-order valence-electron chi connectivity index (χ1n) is 9.36. The van der Waals surface area contributed by atoms with Gasteiger partial charge in [0, 0.05) is 44.7 Å². The van der Waals surface area contributed by atoms with Crippen LogP contribution in [0.25, 0.3) is 0 Å². The standard InChI is InChI=1S/C19H35N3O4/c1-18(2,3)7-13-26-14-12-22-11-10-21(15(23)16(22)24)9-8-20-17(25)19(4,5)6/h7-14H2,1-6H3,(H,20,25). The summed E-state index contributed by atoms with van der Waals surface area (Å²) in [4.78, 5) is 39.3. The number of hydrogen-bond acceptors (Lipinski definition) is 4. The van der Waals surface area contributed by atoms with Gasteiger partial charge < -0.3 is 19.9 Å². The van der Waals surface area contributed by atoms with Crippen molar-refractivity contribution in [3.63, 3.8) is 0 Å². The molecule has 0 aromatic carbocycles. The van der Waals surface area contributed by atoms with Gasteiger partial charge in [-0.25, -0.2) is 0 Å². The summed E-state index contributed by atoms with van der Waals surface area (Å²) in [5.74, 6) is -1.06. The van der Waals surface area contributed by atoms with Crippen LogP contribution in [-0.2, 0) is 19.1 Å². The third-order valence-corrected chi connectivity index (χ3v) is 4.25. The number of piperazine rings is 1. The maximum Gasteiger partial charge on any atom is 0.312 e. The normalized spacial score (nSPS) is 16.2. The highest BCUT2D eigenvalue weighted by atomic mass is 16.5. The van der Waals surface area contributed by atoms with E-state index in [2.05, 4.69) is 26.1 Å². The minimum atomic E-state index is -0.504. The summed E-state index contributed by atoms with van der Waals surface area (Å²) in [5, 5.41) is 2.80. The highest BCUT2D eigenvalue weighted by Crippen LogP contribution is 2.17. The van der Waals surface area contributed by atoms with E-state index in [0.29, 0.717) is 45.9 Å². The molecule has 1 fully saturated rings. The molecule has 0 aromatic heterocycles. The number of rotatable bonds is 8. The first-order valence-corrected chi connectivity index (χ1v) is 9.36. The molecule has 0 saturated carbocycles. The second-order valence-corrected chi connectivity index (χ2v) is 9.01. The van der Waals surface area contributed by atoms with Gasteiger partial charge in [-0.3, -0.25) is 14.4 Å². The fourth-order valence-electron chi connectivity index (χ4n) is 2.37. The predicted molar refractivity (Wildman–Crippen MR) is 101 cm³/mol. The monoisotopic (exact) mass is 369 g/mol. The fourth-order valence-corrected chi connectivity index (χ4v) is 2.37. The van der Waals surface area contributed by atoms with Crippen molar-refractivity contribution in [2.24, 2.45) is 10.8 Å². The van der Waals surface area contributed by atoms with Crippen LogP contribution in [0.5, 0.6) is 0 Å². The van der Waals surface area contributed by atoms with Gasteiger partial charge in [-0.15, -0.1) is 0 Å². The Balaban J connectivity index is 2.30. The Morgan fingerprint density at radius 2 is 1.50 bits per heavy atom. The van der Waals surface area contributed by atoms with Crippen molar-refractivity contribution < 1.29 is 19.1 Å². The molecule has 0 atom stereocenters. The van der Waals surface area contributed by atoms with Crippen LogP contribution in [0.3, 0.4) is 0 Å². The van der Waals surface area contributed by atoms with E-state index in [1.54, 1.807) is 4.90 Å². The highest BCUT2D eigenvalue weighted by molar-refractivity contribution is 6.35. The smallest absolute Gasteiger partial charge is 0.312 e. The van der Waals surface area contributed by atoms with Crippen molar-refractivity contribution in [2.75, 3.05) is 45.9 Å². The summed E-state index contributed by atoms with van der Waals surface area (Å²) in [6.45, 7) is 15.2. The van der Waals surface area contributed by atoms with Crippen LogP contribution in [0.15, 0.2) is 0 Å². The fraction of sp³-hybridized carbons (Fsp3) is 0.842. The summed E-state index contributed by atoms with van der Waals surface area (Å²) < 4.78 is 5.58. The largest absolute Gasteiger partial charge is 0.380 e. The molecule has 0 radical (unpaired) electrons. The molecule has 0 aliphatic carbocycles. The van der Waals surface area contributed by atoms with Gasteiger partial charge in [0.1, 0.15) is 0 Å². The molecule has 1 N–H and O–H groups in total.